The number of rotatable bonds is 6. The van der Waals surface area contributed by atoms with Crippen molar-refractivity contribution in [2.75, 3.05) is 11.9 Å². The average Bonchev–Trinajstić information content (AvgIpc) is 2.95. The Labute approximate surface area is 125 Å². The van der Waals surface area contributed by atoms with Crippen molar-refractivity contribution in [1.29, 1.82) is 0 Å². The van der Waals surface area contributed by atoms with Crippen molar-refractivity contribution in [3.05, 3.63) is 12.3 Å². The Hall–Kier alpha value is -1.56. The number of aromatic nitrogens is 2. The second kappa shape index (κ2) is 8.02. The molecular formula is C15H26N4O2. The van der Waals surface area contributed by atoms with Crippen LogP contribution >= 0.6 is 0 Å². The largest absolute Gasteiger partial charge is 0.396 e. The molecule has 21 heavy (non-hydrogen) atoms. The molecule has 6 heteroatoms. The molecule has 0 radical (unpaired) electrons. The fourth-order valence-electron chi connectivity index (χ4n) is 2.90. The second-order valence-corrected chi connectivity index (χ2v) is 5.67. The molecule has 0 aromatic carbocycles. The summed E-state index contributed by atoms with van der Waals surface area (Å²) < 4.78 is 1.94. The lowest BCUT2D eigenvalue weighted by atomic mass is 9.96. The van der Waals surface area contributed by atoms with Crippen LogP contribution in [0.5, 0.6) is 0 Å². The van der Waals surface area contributed by atoms with Gasteiger partial charge in [0.15, 0.2) is 0 Å². The highest BCUT2D eigenvalue weighted by molar-refractivity contribution is 5.88. The van der Waals surface area contributed by atoms with Crippen LogP contribution in [-0.4, -0.2) is 33.6 Å². The van der Waals surface area contributed by atoms with E-state index in [4.69, 9.17) is 5.11 Å². The van der Waals surface area contributed by atoms with Crippen LogP contribution in [0, 0.1) is 0 Å². The van der Waals surface area contributed by atoms with Crippen LogP contribution in [0.3, 0.4) is 0 Å². The number of carbonyl (C=O) groups is 1. The van der Waals surface area contributed by atoms with Crippen LogP contribution < -0.4 is 10.6 Å². The van der Waals surface area contributed by atoms with Gasteiger partial charge in [-0.15, -0.1) is 0 Å². The van der Waals surface area contributed by atoms with Crippen molar-refractivity contribution in [2.24, 2.45) is 0 Å². The van der Waals surface area contributed by atoms with Crippen LogP contribution in [0.25, 0.3) is 0 Å². The van der Waals surface area contributed by atoms with Crippen molar-refractivity contribution < 1.29 is 9.90 Å². The Morgan fingerprint density at radius 2 is 2.24 bits per heavy atom. The molecule has 2 rings (SSSR count). The SMILES string of the molecule is CCC(CCO)NC(=O)Nc1ccnn1C1CCCCC1. The molecule has 1 fully saturated rings. The zero-order valence-corrected chi connectivity index (χ0v) is 12.7. The van der Waals surface area contributed by atoms with Crippen molar-refractivity contribution in [3.63, 3.8) is 0 Å². The molecule has 2 amide bonds. The van der Waals surface area contributed by atoms with Crippen LogP contribution in [-0.2, 0) is 0 Å². The van der Waals surface area contributed by atoms with Gasteiger partial charge in [-0.1, -0.05) is 26.2 Å². The minimum atomic E-state index is -0.229. The van der Waals surface area contributed by atoms with Gasteiger partial charge in [-0.2, -0.15) is 5.10 Å². The van der Waals surface area contributed by atoms with Gasteiger partial charge in [0.2, 0.25) is 0 Å². The standard InChI is InChI=1S/C15H26N4O2/c1-2-12(9-11-20)17-15(21)18-14-8-10-16-19(14)13-6-4-3-5-7-13/h8,10,12-13,20H,2-7,9,11H2,1H3,(H2,17,18,21). The van der Waals surface area contributed by atoms with E-state index in [0.717, 1.165) is 25.1 Å². The first-order valence-electron chi connectivity index (χ1n) is 7.96. The van der Waals surface area contributed by atoms with Gasteiger partial charge >= 0.3 is 6.03 Å². The maximum absolute atomic E-state index is 12.0. The molecule has 0 saturated heterocycles. The lowest BCUT2D eigenvalue weighted by Crippen LogP contribution is -2.38. The van der Waals surface area contributed by atoms with Gasteiger partial charge < -0.3 is 10.4 Å². The number of aliphatic hydroxyl groups is 1. The predicted octanol–water partition coefficient (Wildman–Crippen LogP) is 2.67. The highest BCUT2D eigenvalue weighted by atomic mass is 16.3. The summed E-state index contributed by atoms with van der Waals surface area (Å²) >= 11 is 0. The van der Waals surface area contributed by atoms with Crippen LogP contribution in [0.2, 0.25) is 0 Å². The third kappa shape index (κ3) is 4.46. The van der Waals surface area contributed by atoms with Gasteiger partial charge in [0.05, 0.1) is 12.2 Å². The van der Waals surface area contributed by atoms with Gasteiger partial charge in [-0.25, -0.2) is 9.48 Å². The molecule has 3 N–H and O–H groups in total. The molecule has 1 unspecified atom stereocenters. The van der Waals surface area contributed by atoms with Gasteiger partial charge in [0, 0.05) is 18.7 Å². The van der Waals surface area contributed by atoms with Crippen molar-refractivity contribution >= 4 is 11.8 Å². The summed E-state index contributed by atoms with van der Waals surface area (Å²) in [5, 5.41) is 19.1. The predicted molar refractivity (Wildman–Crippen MR) is 82.3 cm³/mol. The normalized spacial score (nSPS) is 17.4. The fraction of sp³-hybridized carbons (Fsp3) is 0.733. The molecule has 1 aromatic rings. The van der Waals surface area contributed by atoms with E-state index >= 15 is 0 Å². The third-order valence-electron chi connectivity index (χ3n) is 4.14. The van der Waals surface area contributed by atoms with Gasteiger partial charge in [0.25, 0.3) is 0 Å². The Kier molecular flexibility index (Phi) is 6.04. The number of hydrogen-bond acceptors (Lipinski definition) is 3. The lowest BCUT2D eigenvalue weighted by molar-refractivity contribution is 0.237. The number of urea groups is 1. The summed E-state index contributed by atoms with van der Waals surface area (Å²) in [6.45, 7) is 2.08. The first-order valence-corrected chi connectivity index (χ1v) is 7.96. The quantitative estimate of drug-likeness (QED) is 0.754. The number of nitrogens with zero attached hydrogens (tertiary/aromatic N) is 2. The molecule has 1 aliphatic rings. The van der Waals surface area contributed by atoms with Crippen LogP contribution in [0.1, 0.15) is 57.9 Å². The average molecular weight is 294 g/mol. The summed E-state index contributed by atoms with van der Waals surface area (Å²) in [4.78, 5) is 12.0. The molecule has 0 aliphatic heterocycles. The van der Waals surface area contributed by atoms with Crippen molar-refractivity contribution in [1.82, 2.24) is 15.1 Å². The molecule has 1 aromatic heterocycles. The summed E-state index contributed by atoms with van der Waals surface area (Å²) in [6, 6.07) is 2.00. The summed E-state index contributed by atoms with van der Waals surface area (Å²) in [7, 11) is 0. The first kappa shape index (κ1) is 15.8. The third-order valence-corrected chi connectivity index (χ3v) is 4.14. The van der Waals surface area contributed by atoms with E-state index in [1.54, 1.807) is 6.20 Å². The molecule has 1 atom stereocenters. The van der Waals surface area contributed by atoms with E-state index < -0.39 is 0 Å². The molecule has 118 valence electrons. The Bertz CT molecular complexity index is 441. The molecule has 1 heterocycles. The molecular weight excluding hydrogens is 268 g/mol. The van der Waals surface area contributed by atoms with Crippen molar-refractivity contribution in [3.8, 4) is 0 Å². The van der Waals surface area contributed by atoms with E-state index in [9.17, 15) is 4.79 Å². The number of carbonyl (C=O) groups excluding carboxylic acids is 1. The van der Waals surface area contributed by atoms with Gasteiger partial charge in [-0.3, -0.25) is 5.32 Å². The van der Waals surface area contributed by atoms with Crippen LogP contribution in [0.4, 0.5) is 10.6 Å². The molecule has 0 bridgehead atoms. The number of aliphatic hydroxyl groups excluding tert-OH is 1. The smallest absolute Gasteiger partial charge is 0.320 e. The minimum absolute atomic E-state index is 0.000974. The van der Waals surface area contributed by atoms with E-state index in [1.165, 1.54) is 19.3 Å². The minimum Gasteiger partial charge on any atom is -0.396 e. The topological polar surface area (TPSA) is 79.2 Å². The maximum atomic E-state index is 12.0. The van der Waals surface area contributed by atoms with Crippen LogP contribution in [0.15, 0.2) is 12.3 Å². The first-order chi connectivity index (χ1) is 10.2. The molecule has 1 aliphatic carbocycles. The lowest BCUT2D eigenvalue weighted by Gasteiger charge is -2.24. The van der Waals surface area contributed by atoms with Crippen molar-refractivity contribution in [2.45, 2.75) is 64.0 Å². The molecule has 1 saturated carbocycles. The number of amides is 2. The van der Waals surface area contributed by atoms with E-state index in [-0.39, 0.29) is 18.7 Å². The summed E-state index contributed by atoms with van der Waals surface area (Å²) in [5.74, 6) is 0.748. The van der Waals surface area contributed by atoms with E-state index in [0.29, 0.717) is 12.5 Å². The van der Waals surface area contributed by atoms with E-state index in [1.807, 2.05) is 17.7 Å². The Morgan fingerprint density at radius 1 is 1.48 bits per heavy atom. The fourth-order valence-corrected chi connectivity index (χ4v) is 2.90. The molecule has 6 nitrogen and oxygen atoms in total. The number of hydrogen-bond donors (Lipinski definition) is 3. The monoisotopic (exact) mass is 294 g/mol. The number of nitrogens with one attached hydrogen (secondary N) is 2. The van der Waals surface area contributed by atoms with Gasteiger partial charge in [-0.05, 0) is 25.7 Å². The summed E-state index contributed by atoms with van der Waals surface area (Å²) in [6.07, 6.45) is 9.10. The maximum Gasteiger partial charge on any atom is 0.320 e. The zero-order chi connectivity index (χ0) is 15.1. The molecule has 0 spiro atoms. The Balaban J connectivity index is 1.93. The van der Waals surface area contributed by atoms with E-state index in [2.05, 4.69) is 15.7 Å². The number of anilines is 1. The van der Waals surface area contributed by atoms with Gasteiger partial charge in [0.1, 0.15) is 5.82 Å². The zero-order valence-electron chi connectivity index (χ0n) is 12.7. The highest BCUT2D eigenvalue weighted by Gasteiger charge is 2.19. The second-order valence-electron chi connectivity index (χ2n) is 5.67. The highest BCUT2D eigenvalue weighted by Crippen LogP contribution is 2.29. The Morgan fingerprint density at radius 3 is 2.90 bits per heavy atom. The summed E-state index contributed by atoms with van der Waals surface area (Å²) in [5.41, 5.74) is 0.